The van der Waals surface area contributed by atoms with Gasteiger partial charge in [0.25, 0.3) is 0 Å². The average molecular weight is 336 g/mol. The van der Waals surface area contributed by atoms with Crippen LogP contribution in [0.3, 0.4) is 0 Å². The van der Waals surface area contributed by atoms with Crippen LogP contribution in [0, 0.1) is 0 Å². The van der Waals surface area contributed by atoms with Crippen LogP contribution in [0.4, 0.5) is 11.5 Å². The van der Waals surface area contributed by atoms with Crippen LogP contribution in [-0.2, 0) is 5.60 Å². The van der Waals surface area contributed by atoms with Crippen LogP contribution in [-0.4, -0.2) is 15.1 Å². The minimum absolute atomic E-state index is 0.310. The number of rotatable bonds is 4. The molecule has 2 aromatic carbocycles. The first-order chi connectivity index (χ1) is 11.8. The highest BCUT2D eigenvalue weighted by Gasteiger charge is 2.18. The lowest BCUT2D eigenvalue weighted by atomic mass is 9.96. The molecule has 0 spiro atoms. The number of benzene rings is 2. The van der Waals surface area contributed by atoms with Gasteiger partial charge in [0.05, 0.1) is 11.2 Å². The van der Waals surface area contributed by atoms with E-state index in [0.717, 1.165) is 11.1 Å². The van der Waals surface area contributed by atoms with Crippen molar-refractivity contribution >= 4 is 11.5 Å². The maximum atomic E-state index is 10.1. The highest BCUT2D eigenvalue weighted by molar-refractivity contribution is 5.78. The van der Waals surface area contributed by atoms with Crippen molar-refractivity contribution in [3.63, 3.8) is 0 Å². The molecule has 5 N–H and O–H groups in total. The normalized spacial score (nSPS) is 11.3. The van der Waals surface area contributed by atoms with E-state index in [2.05, 4.69) is 9.97 Å². The van der Waals surface area contributed by atoms with Crippen molar-refractivity contribution in [1.82, 2.24) is 9.97 Å². The predicted octanol–water partition coefficient (Wildman–Crippen LogP) is 3.33. The summed E-state index contributed by atoms with van der Waals surface area (Å²) >= 11 is 0. The van der Waals surface area contributed by atoms with E-state index in [-0.39, 0.29) is 0 Å². The summed E-state index contributed by atoms with van der Waals surface area (Å²) in [4.78, 5) is 8.27. The Kier molecular flexibility index (Phi) is 4.29. The predicted molar refractivity (Wildman–Crippen MR) is 98.1 cm³/mol. The average Bonchev–Trinajstić information content (AvgIpc) is 2.54. The van der Waals surface area contributed by atoms with Crippen LogP contribution in [0.5, 0.6) is 11.6 Å². The molecule has 25 heavy (non-hydrogen) atoms. The number of nitrogens with two attached hydrogens (primary N) is 2. The molecule has 0 saturated carbocycles. The monoisotopic (exact) mass is 336 g/mol. The summed E-state index contributed by atoms with van der Waals surface area (Å²) in [6, 6.07) is 14.5. The second-order valence-corrected chi connectivity index (χ2v) is 6.25. The first kappa shape index (κ1) is 16.7. The highest BCUT2D eigenvalue weighted by atomic mass is 16.5. The largest absolute Gasteiger partial charge is 0.438 e. The molecule has 0 bridgehead atoms. The van der Waals surface area contributed by atoms with Crippen molar-refractivity contribution in [2.75, 3.05) is 11.5 Å². The molecule has 3 aromatic rings. The summed E-state index contributed by atoms with van der Waals surface area (Å²) in [5, 5.41) is 10.1. The second kappa shape index (κ2) is 6.41. The van der Waals surface area contributed by atoms with Crippen molar-refractivity contribution in [3.8, 4) is 22.8 Å². The van der Waals surface area contributed by atoms with E-state index in [1.165, 1.54) is 6.33 Å². The molecule has 1 aromatic heterocycles. The van der Waals surface area contributed by atoms with Gasteiger partial charge >= 0.3 is 0 Å². The molecule has 0 unspecified atom stereocenters. The fourth-order valence-electron chi connectivity index (χ4n) is 2.47. The summed E-state index contributed by atoms with van der Waals surface area (Å²) in [6.07, 6.45) is 1.35. The number of nitrogens with zero attached hydrogens (tertiary/aromatic N) is 2. The Morgan fingerprint density at radius 1 is 1.00 bits per heavy atom. The minimum Gasteiger partial charge on any atom is -0.438 e. The van der Waals surface area contributed by atoms with Crippen LogP contribution < -0.4 is 16.2 Å². The number of hydrogen-bond donors (Lipinski definition) is 3. The Bertz CT molecular complexity index is 887. The van der Waals surface area contributed by atoms with E-state index in [1.807, 2.05) is 24.3 Å². The molecule has 6 nitrogen and oxygen atoms in total. The molecule has 0 aliphatic rings. The van der Waals surface area contributed by atoms with E-state index in [4.69, 9.17) is 16.2 Å². The van der Waals surface area contributed by atoms with Crippen LogP contribution in [0.25, 0.3) is 11.1 Å². The number of aliphatic hydroxyl groups is 1. The first-order valence-corrected chi connectivity index (χ1v) is 7.82. The molecule has 3 rings (SSSR count). The minimum atomic E-state index is -0.918. The van der Waals surface area contributed by atoms with Gasteiger partial charge in [0, 0.05) is 11.8 Å². The molecular formula is C19H20N4O2. The van der Waals surface area contributed by atoms with Gasteiger partial charge in [-0.15, -0.1) is 0 Å². The molecule has 0 fully saturated rings. The van der Waals surface area contributed by atoms with E-state index in [9.17, 15) is 5.11 Å². The van der Waals surface area contributed by atoms with Gasteiger partial charge in [0.15, 0.2) is 0 Å². The summed E-state index contributed by atoms with van der Waals surface area (Å²) in [5.41, 5.74) is 13.7. The zero-order chi connectivity index (χ0) is 18.0. The fourth-order valence-corrected chi connectivity index (χ4v) is 2.47. The number of anilines is 2. The van der Waals surface area contributed by atoms with Gasteiger partial charge in [-0.25, -0.2) is 9.97 Å². The van der Waals surface area contributed by atoms with Crippen molar-refractivity contribution in [2.45, 2.75) is 19.4 Å². The van der Waals surface area contributed by atoms with Gasteiger partial charge in [-0.1, -0.05) is 30.3 Å². The van der Waals surface area contributed by atoms with Gasteiger partial charge in [0.1, 0.15) is 17.9 Å². The quantitative estimate of drug-likeness (QED) is 0.631. The lowest BCUT2D eigenvalue weighted by Crippen LogP contribution is -2.15. The molecule has 0 saturated heterocycles. The van der Waals surface area contributed by atoms with Crippen molar-refractivity contribution < 1.29 is 9.84 Å². The standard InChI is InChI=1S/C19H20N4O2/c1-19(2,24)13-8-6-12(7-9-13)16-17(21)22-11-23-18(16)25-15-5-3-4-14(20)10-15/h3-11,24H,20H2,1-2H3,(H2,21,22,23). The third kappa shape index (κ3) is 3.70. The van der Waals surface area contributed by atoms with Gasteiger partial charge in [-0.2, -0.15) is 0 Å². The van der Waals surface area contributed by atoms with E-state index in [0.29, 0.717) is 28.7 Å². The Morgan fingerprint density at radius 2 is 1.72 bits per heavy atom. The van der Waals surface area contributed by atoms with Gasteiger partial charge in [-0.05, 0) is 37.1 Å². The smallest absolute Gasteiger partial charge is 0.232 e. The van der Waals surface area contributed by atoms with Gasteiger partial charge in [-0.3, -0.25) is 0 Å². The van der Waals surface area contributed by atoms with E-state index < -0.39 is 5.60 Å². The Morgan fingerprint density at radius 3 is 2.36 bits per heavy atom. The van der Waals surface area contributed by atoms with E-state index in [1.54, 1.807) is 38.1 Å². The van der Waals surface area contributed by atoms with Crippen LogP contribution in [0.1, 0.15) is 19.4 Å². The van der Waals surface area contributed by atoms with Gasteiger partial charge < -0.3 is 21.3 Å². The fraction of sp³-hybridized carbons (Fsp3) is 0.158. The van der Waals surface area contributed by atoms with Crippen molar-refractivity contribution in [2.24, 2.45) is 0 Å². The zero-order valence-electron chi connectivity index (χ0n) is 14.1. The lowest BCUT2D eigenvalue weighted by molar-refractivity contribution is 0.0786. The van der Waals surface area contributed by atoms with Crippen LogP contribution in [0.15, 0.2) is 54.9 Å². The maximum Gasteiger partial charge on any atom is 0.232 e. The first-order valence-electron chi connectivity index (χ1n) is 7.82. The maximum absolute atomic E-state index is 10.1. The van der Waals surface area contributed by atoms with E-state index >= 15 is 0 Å². The summed E-state index contributed by atoms with van der Waals surface area (Å²) < 4.78 is 5.86. The molecule has 6 heteroatoms. The van der Waals surface area contributed by atoms with Crippen LogP contribution >= 0.6 is 0 Å². The molecule has 0 amide bonds. The highest BCUT2D eigenvalue weighted by Crippen LogP contribution is 2.36. The number of ether oxygens (including phenoxy) is 1. The molecule has 0 aliphatic carbocycles. The van der Waals surface area contributed by atoms with Crippen molar-refractivity contribution in [1.29, 1.82) is 0 Å². The SMILES string of the molecule is CC(C)(O)c1ccc(-c2c(N)ncnc2Oc2cccc(N)c2)cc1. The molecule has 128 valence electrons. The lowest BCUT2D eigenvalue weighted by Gasteiger charge is -2.18. The molecule has 0 aliphatic heterocycles. The second-order valence-electron chi connectivity index (χ2n) is 6.25. The number of nitrogen functional groups attached to an aromatic ring is 2. The Balaban J connectivity index is 2.01. The summed E-state index contributed by atoms with van der Waals surface area (Å²) in [6.45, 7) is 3.46. The number of aromatic nitrogens is 2. The topological polar surface area (TPSA) is 107 Å². The number of hydrogen-bond acceptors (Lipinski definition) is 6. The van der Waals surface area contributed by atoms with Crippen molar-refractivity contribution in [3.05, 3.63) is 60.4 Å². The Labute approximate surface area is 146 Å². The molecule has 1 heterocycles. The molecule has 0 radical (unpaired) electrons. The summed E-state index contributed by atoms with van der Waals surface area (Å²) in [5.74, 6) is 1.21. The molecular weight excluding hydrogens is 316 g/mol. The third-order valence-electron chi connectivity index (χ3n) is 3.79. The zero-order valence-corrected chi connectivity index (χ0v) is 14.1. The Hall–Kier alpha value is -3.12. The van der Waals surface area contributed by atoms with Crippen LogP contribution in [0.2, 0.25) is 0 Å². The summed E-state index contributed by atoms with van der Waals surface area (Å²) in [7, 11) is 0. The molecule has 0 atom stereocenters. The third-order valence-corrected chi connectivity index (χ3v) is 3.79. The van der Waals surface area contributed by atoms with Gasteiger partial charge in [0.2, 0.25) is 5.88 Å².